The Balaban J connectivity index is 1.92. The summed E-state index contributed by atoms with van der Waals surface area (Å²) in [6, 6.07) is 11.9. The molecular weight excluding hydrogens is 319 g/mol. The number of aromatic nitrogens is 1. The van der Waals surface area contributed by atoms with Gasteiger partial charge in [0.1, 0.15) is 5.82 Å². The Kier molecular flexibility index (Phi) is 5.13. The first-order valence-electron chi connectivity index (χ1n) is 8.52. The molecule has 4 nitrogen and oxygen atoms in total. The van der Waals surface area contributed by atoms with Crippen LogP contribution in [0.2, 0.25) is 0 Å². The number of nitrogens with zero attached hydrogens (tertiary/aromatic N) is 2. The Morgan fingerprint density at radius 1 is 1.28 bits per heavy atom. The highest BCUT2D eigenvalue weighted by Gasteiger charge is 2.37. The van der Waals surface area contributed by atoms with Gasteiger partial charge in [-0.3, -0.25) is 9.78 Å². The van der Waals surface area contributed by atoms with Gasteiger partial charge < -0.3 is 9.64 Å². The molecule has 25 heavy (non-hydrogen) atoms. The van der Waals surface area contributed by atoms with Crippen LogP contribution in [0.15, 0.2) is 48.7 Å². The molecule has 1 saturated heterocycles. The summed E-state index contributed by atoms with van der Waals surface area (Å²) >= 11 is 0. The molecule has 132 valence electrons. The molecule has 0 N–H and O–H groups in total. The standard InChI is InChI=1S/C20H23FN2O2/c1-20(2)14-25-12-11-23(20)19(24)18(13-17-5-3-4-10-22-17)15-6-8-16(21)9-7-15/h3-10,18H,11-14H2,1-2H3. The molecule has 0 aliphatic carbocycles. The molecule has 2 aromatic rings. The van der Waals surface area contributed by atoms with E-state index < -0.39 is 5.92 Å². The minimum Gasteiger partial charge on any atom is -0.377 e. The summed E-state index contributed by atoms with van der Waals surface area (Å²) in [5.74, 6) is -0.669. The van der Waals surface area contributed by atoms with Gasteiger partial charge in [0, 0.05) is 24.9 Å². The Hall–Kier alpha value is -2.27. The Labute approximate surface area is 147 Å². The van der Waals surface area contributed by atoms with E-state index in [0.717, 1.165) is 11.3 Å². The van der Waals surface area contributed by atoms with E-state index in [1.165, 1.54) is 12.1 Å². The van der Waals surface area contributed by atoms with Crippen LogP contribution in [0.4, 0.5) is 4.39 Å². The van der Waals surface area contributed by atoms with E-state index in [2.05, 4.69) is 4.98 Å². The third-order valence-electron chi connectivity index (χ3n) is 4.62. The summed E-state index contributed by atoms with van der Waals surface area (Å²) in [5, 5.41) is 0. The average molecular weight is 342 g/mol. The van der Waals surface area contributed by atoms with Gasteiger partial charge in [-0.05, 0) is 43.7 Å². The summed E-state index contributed by atoms with van der Waals surface area (Å²) < 4.78 is 18.9. The van der Waals surface area contributed by atoms with Crippen LogP contribution in [0.5, 0.6) is 0 Å². The Morgan fingerprint density at radius 2 is 2.04 bits per heavy atom. The molecular formula is C20H23FN2O2. The first-order chi connectivity index (χ1) is 12.0. The lowest BCUT2D eigenvalue weighted by atomic mass is 9.90. The lowest BCUT2D eigenvalue weighted by Crippen LogP contribution is -2.56. The van der Waals surface area contributed by atoms with Crippen LogP contribution in [0, 0.1) is 5.82 Å². The summed E-state index contributed by atoms with van der Waals surface area (Å²) in [5.41, 5.74) is 1.29. The molecule has 1 atom stereocenters. The van der Waals surface area contributed by atoms with Crippen LogP contribution < -0.4 is 0 Å². The van der Waals surface area contributed by atoms with E-state index in [1.54, 1.807) is 18.3 Å². The summed E-state index contributed by atoms with van der Waals surface area (Å²) in [6.45, 7) is 5.62. The van der Waals surface area contributed by atoms with E-state index >= 15 is 0 Å². The van der Waals surface area contributed by atoms with Gasteiger partial charge in [0.15, 0.2) is 0 Å². The molecule has 0 spiro atoms. The van der Waals surface area contributed by atoms with E-state index in [-0.39, 0.29) is 17.3 Å². The van der Waals surface area contributed by atoms with E-state index in [4.69, 9.17) is 4.74 Å². The van der Waals surface area contributed by atoms with E-state index in [1.807, 2.05) is 36.9 Å². The number of carbonyl (C=O) groups excluding carboxylic acids is 1. The zero-order valence-electron chi connectivity index (χ0n) is 14.6. The van der Waals surface area contributed by atoms with Crippen molar-refractivity contribution in [3.63, 3.8) is 0 Å². The fourth-order valence-corrected chi connectivity index (χ4v) is 3.23. The molecule has 2 heterocycles. The van der Waals surface area contributed by atoms with Crippen molar-refractivity contribution in [1.29, 1.82) is 0 Å². The van der Waals surface area contributed by atoms with Crippen molar-refractivity contribution in [2.75, 3.05) is 19.8 Å². The van der Waals surface area contributed by atoms with Gasteiger partial charge >= 0.3 is 0 Å². The van der Waals surface area contributed by atoms with Crippen LogP contribution in [0.1, 0.15) is 31.0 Å². The van der Waals surface area contributed by atoms with Crippen LogP contribution in [0.3, 0.4) is 0 Å². The molecule has 3 rings (SSSR count). The predicted molar refractivity (Wildman–Crippen MR) is 93.7 cm³/mol. The third-order valence-corrected chi connectivity index (χ3v) is 4.62. The Bertz CT molecular complexity index is 716. The van der Waals surface area contributed by atoms with Crippen molar-refractivity contribution in [2.24, 2.45) is 0 Å². The predicted octanol–water partition coefficient (Wildman–Crippen LogP) is 3.18. The quantitative estimate of drug-likeness (QED) is 0.857. The molecule has 0 radical (unpaired) electrons. The van der Waals surface area contributed by atoms with Crippen molar-refractivity contribution in [2.45, 2.75) is 31.7 Å². The van der Waals surface area contributed by atoms with Crippen molar-refractivity contribution in [3.8, 4) is 0 Å². The summed E-state index contributed by atoms with van der Waals surface area (Å²) in [4.78, 5) is 19.6. The number of amides is 1. The van der Waals surface area contributed by atoms with Gasteiger partial charge in [0.2, 0.25) is 5.91 Å². The van der Waals surface area contributed by atoms with Crippen molar-refractivity contribution in [3.05, 3.63) is 65.7 Å². The average Bonchev–Trinajstić information content (AvgIpc) is 2.61. The fourth-order valence-electron chi connectivity index (χ4n) is 3.23. The molecule has 1 fully saturated rings. The number of morpholine rings is 1. The number of benzene rings is 1. The number of carbonyl (C=O) groups is 1. The van der Waals surface area contributed by atoms with Crippen LogP contribution in [-0.4, -0.2) is 41.1 Å². The highest BCUT2D eigenvalue weighted by atomic mass is 19.1. The molecule has 1 amide bonds. The number of pyridine rings is 1. The molecule has 1 aromatic heterocycles. The van der Waals surface area contributed by atoms with E-state index in [0.29, 0.717) is 26.2 Å². The molecule has 1 aromatic carbocycles. The minimum atomic E-state index is -0.395. The second-order valence-electron chi connectivity index (χ2n) is 6.98. The molecule has 1 aliphatic rings. The Morgan fingerprint density at radius 3 is 2.68 bits per heavy atom. The molecule has 1 aliphatic heterocycles. The lowest BCUT2D eigenvalue weighted by molar-refractivity contribution is -0.148. The lowest BCUT2D eigenvalue weighted by Gasteiger charge is -2.43. The van der Waals surface area contributed by atoms with Gasteiger partial charge in [-0.15, -0.1) is 0 Å². The summed E-state index contributed by atoms with van der Waals surface area (Å²) in [6.07, 6.45) is 2.21. The first kappa shape index (κ1) is 17.5. The second-order valence-corrected chi connectivity index (χ2v) is 6.98. The van der Waals surface area contributed by atoms with Crippen molar-refractivity contribution in [1.82, 2.24) is 9.88 Å². The van der Waals surface area contributed by atoms with Gasteiger partial charge in [0.05, 0.1) is 24.7 Å². The van der Waals surface area contributed by atoms with Crippen LogP contribution >= 0.6 is 0 Å². The highest BCUT2D eigenvalue weighted by Crippen LogP contribution is 2.28. The minimum absolute atomic E-state index is 0.0329. The van der Waals surface area contributed by atoms with Crippen molar-refractivity contribution < 1.29 is 13.9 Å². The molecule has 0 saturated carbocycles. The third kappa shape index (κ3) is 4.04. The summed E-state index contributed by atoms with van der Waals surface area (Å²) in [7, 11) is 0. The largest absolute Gasteiger partial charge is 0.377 e. The van der Waals surface area contributed by atoms with E-state index in [9.17, 15) is 9.18 Å². The number of halogens is 1. The fraction of sp³-hybridized carbons (Fsp3) is 0.400. The maximum absolute atomic E-state index is 13.4. The zero-order chi connectivity index (χ0) is 17.9. The smallest absolute Gasteiger partial charge is 0.231 e. The number of ether oxygens (including phenoxy) is 1. The normalized spacial score (nSPS) is 18.0. The molecule has 1 unspecified atom stereocenters. The molecule has 5 heteroatoms. The highest BCUT2D eigenvalue weighted by molar-refractivity contribution is 5.84. The first-order valence-corrected chi connectivity index (χ1v) is 8.52. The van der Waals surface area contributed by atoms with Gasteiger partial charge in [0.25, 0.3) is 0 Å². The maximum atomic E-state index is 13.4. The monoisotopic (exact) mass is 342 g/mol. The van der Waals surface area contributed by atoms with Gasteiger partial charge in [-0.25, -0.2) is 4.39 Å². The van der Waals surface area contributed by atoms with Crippen LogP contribution in [-0.2, 0) is 16.0 Å². The van der Waals surface area contributed by atoms with Crippen LogP contribution in [0.25, 0.3) is 0 Å². The number of hydrogen-bond acceptors (Lipinski definition) is 3. The van der Waals surface area contributed by atoms with Gasteiger partial charge in [-0.1, -0.05) is 18.2 Å². The maximum Gasteiger partial charge on any atom is 0.231 e. The topological polar surface area (TPSA) is 42.4 Å². The molecule has 0 bridgehead atoms. The van der Waals surface area contributed by atoms with Gasteiger partial charge in [-0.2, -0.15) is 0 Å². The van der Waals surface area contributed by atoms with Crippen molar-refractivity contribution >= 4 is 5.91 Å². The second kappa shape index (κ2) is 7.31. The number of rotatable bonds is 4. The zero-order valence-corrected chi connectivity index (χ0v) is 14.6. The number of hydrogen-bond donors (Lipinski definition) is 0. The SMILES string of the molecule is CC1(C)COCCN1C(=O)C(Cc1ccccn1)c1ccc(F)cc1.